The molecule has 6 aliphatic rings. The van der Waals surface area contributed by atoms with E-state index in [9.17, 15) is 15.0 Å². The summed E-state index contributed by atoms with van der Waals surface area (Å²) in [6.45, 7) is 14.5. The van der Waals surface area contributed by atoms with Gasteiger partial charge in [-0.2, -0.15) is 0 Å². The van der Waals surface area contributed by atoms with Crippen molar-refractivity contribution >= 4 is 5.97 Å². The molecule has 1 heterocycles. The Labute approximate surface area is 205 Å². The van der Waals surface area contributed by atoms with Crippen molar-refractivity contribution in [2.24, 2.45) is 50.2 Å². The Morgan fingerprint density at radius 2 is 1.71 bits per heavy atom. The topological polar surface area (TPSA) is 66.8 Å². The Kier molecular flexibility index (Phi) is 4.64. The first-order chi connectivity index (χ1) is 15.8. The molecule has 4 heteroatoms. The molecular formula is C30H46O4. The van der Waals surface area contributed by atoms with E-state index in [1.807, 2.05) is 0 Å². The zero-order valence-corrected chi connectivity index (χ0v) is 22.2. The van der Waals surface area contributed by atoms with Gasteiger partial charge in [-0.05, 0) is 90.8 Å². The second-order valence-electron chi connectivity index (χ2n) is 15.0. The molecule has 0 unspecified atom stereocenters. The molecule has 0 aromatic rings. The first kappa shape index (κ1) is 23.5. The van der Waals surface area contributed by atoms with Gasteiger partial charge in [0.05, 0.1) is 18.1 Å². The van der Waals surface area contributed by atoms with Crippen LogP contribution in [0.1, 0.15) is 99.3 Å². The number of fused-ring (bicyclic) bond motifs is 7. The first-order valence-corrected chi connectivity index (χ1v) is 14.0. The van der Waals surface area contributed by atoms with Gasteiger partial charge in [0.15, 0.2) is 0 Å². The fraction of sp³-hybridized carbons (Fsp3) is 0.900. The lowest BCUT2D eigenvalue weighted by Crippen LogP contribution is -2.65. The number of esters is 1. The van der Waals surface area contributed by atoms with Crippen LogP contribution in [-0.4, -0.2) is 35.0 Å². The molecule has 1 aliphatic heterocycles. The molecule has 0 amide bonds. The number of rotatable bonds is 1. The molecule has 5 fully saturated rings. The molecule has 5 aliphatic carbocycles. The molecule has 0 radical (unpaired) electrons. The van der Waals surface area contributed by atoms with E-state index in [1.54, 1.807) is 0 Å². The molecule has 1 spiro atoms. The Morgan fingerprint density at radius 1 is 0.971 bits per heavy atom. The standard InChI is InChI=1S/C30H46O4/c1-25(2)20-9-12-29(6)21(27(20,4)11-10-22(25)32)8-7-18-19-15-26(3,17-31)23-16-30(19,24(33)34-23)14-13-28(18,29)5/h7,19-23,31-32H,8-17H2,1-6H3/t19-,20-,21+,22-,23-,26-,27-,28+,29+,30+/m0/s1. The van der Waals surface area contributed by atoms with Crippen molar-refractivity contribution < 1.29 is 19.7 Å². The lowest BCUT2D eigenvalue weighted by Gasteiger charge is -2.70. The average molecular weight is 471 g/mol. The fourth-order valence-electron chi connectivity index (χ4n) is 11.1. The third-order valence-electron chi connectivity index (χ3n) is 13.6. The van der Waals surface area contributed by atoms with Crippen molar-refractivity contribution in [1.29, 1.82) is 0 Å². The van der Waals surface area contributed by atoms with Crippen LogP contribution in [0.15, 0.2) is 11.6 Å². The molecular weight excluding hydrogens is 424 g/mol. The van der Waals surface area contributed by atoms with Gasteiger partial charge < -0.3 is 14.9 Å². The largest absolute Gasteiger partial charge is 0.461 e. The van der Waals surface area contributed by atoms with Gasteiger partial charge in [0.2, 0.25) is 0 Å². The van der Waals surface area contributed by atoms with Gasteiger partial charge in [-0.3, -0.25) is 4.79 Å². The minimum atomic E-state index is -0.369. The van der Waals surface area contributed by atoms with Crippen molar-refractivity contribution in [2.75, 3.05) is 6.61 Å². The molecule has 34 heavy (non-hydrogen) atoms. The summed E-state index contributed by atoms with van der Waals surface area (Å²) < 4.78 is 5.97. The Balaban J connectivity index is 1.44. The summed E-state index contributed by atoms with van der Waals surface area (Å²) in [5.41, 5.74) is 1.27. The number of aliphatic hydroxyl groups excluding tert-OH is 2. The number of carbonyl (C=O) groups excluding carboxylic acids is 1. The molecule has 4 saturated carbocycles. The minimum Gasteiger partial charge on any atom is -0.461 e. The van der Waals surface area contributed by atoms with Crippen molar-refractivity contribution in [3.63, 3.8) is 0 Å². The predicted molar refractivity (Wildman–Crippen MR) is 132 cm³/mol. The number of carbonyl (C=O) groups is 1. The summed E-state index contributed by atoms with van der Waals surface area (Å²) in [4.78, 5) is 13.3. The number of hydrogen-bond acceptors (Lipinski definition) is 4. The highest BCUT2D eigenvalue weighted by Gasteiger charge is 2.72. The number of hydrogen-bond donors (Lipinski definition) is 2. The molecule has 190 valence electrons. The van der Waals surface area contributed by atoms with Crippen molar-refractivity contribution in [1.82, 2.24) is 0 Å². The van der Waals surface area contributed by atoms with Crippen LogP contribution >= 0.6 is 0 Å². The first-order valence-electron chi connectivity index (χ1n) is 14.0. The van der Waals surface area contributed by atoms with Gasteiger partial charge in [-0.15, -0.1) is 0 Å². The van der Waals surface area contributed by atoms with Crippen molar-refractivity contribution in [2.45, 2.75) is 112 Å². The van der Waals surface area contributed by atoms with Crippen LogP contribution in [-0.2, 0) is 9.53 Å². The minimum absolute atomic E-state index is 0.00795. The van der Waals surface area contributed by atoms with Gasteiger partial charge in [0.1, 0.15) is 6.10 Å². The van der Waals surface area contributed by atoms with Gasteiger partial charge in [-0.1, -0.05) is 53.2 Å². The molecule has 4 nitrogen and oxygen atoms in total. The van der Waals surface area contributed by atoms with Crippen LogP contribution in [0.4, 0.5) is 0 Å². The molecule has 2 N–H and O–H groups in total. The number of ether oxygens (including phenoxy) is 1. The average Bonchev–Trinajstić information content (AvgIpc) is 3.08. The Morgan fingerprint density at radius 3 is 2.41 bits per heavy atom. The van der Waals surface area contributed by atoms with E-state index in [1.165, 1.54) is 18.4 Å². The zero-order valence-electron chi connectivity index (χ0n) is 22.2. The van der Waals surface area contributed by atoms with Crippen molar-refractivity contribution in [3.8, 4) is 0 Å². The van der Waals surface area contributed by atoms with E-state index in [0.717, 1.165) is 44.9 Å². The maximum Gasteiger partial charge on any atom is 0.313 e. The summed E-state index contributed by atoms with van der Waals surface area (Å²) in [7, 11) is 0. The lowest BCUT2D eigenvalue weighted by molar-refractivity contribution is -0.202. The second kappa shape index (κ2) is 6.71. The summed E-state index contributed by atoms with van der Waals surface area (Å²) >= 11 is 0. The van der Waals surface area contributed by atoms with Crippen LogP contribution in [0, 0.1) is 50.2 Å². The van der Waals surface area contributed by atoms with Crippen LogP contribution in [0.25, 0.3) is 0 Å². The highest BCUT2D eigenvalue weighted by molar-refractivity contribution is 5.81. The third kappa shape index (κ3) is 2.46. The maximum absolute atomic E-state index is 13.3. The van der Waals surface area contributed by atoms with E-state index in [0.29, 0.717) is 11.8 Å². The van der Waals surface area contributed by atoms with Gasteiger partial charge in [0.25, 0.3) is 0 Å². The van der Waals surface area contributed by atoms with E-state index in [-0.39, 0.29) is 63.2 Å². The van der Waals surface area contributed by atoms with Crippen molar-refractivity contribution in [3.05, 3.63) is 11.6 Å². The molecule has 0 aromatic carbocycles. The van der Waals surface area contributed by atoms with Crippen LogP contribution in [0.5, 0.6) is 0 Å². The van der Waals surface area contributed by atoms with E-state index in [4.69, 9.17) is 4.74 Å². The van der Waals surface area contributed by atoms with E-state index < -0.39 is 0 Å². The predicted octanol–water partition coefficient (Wildman–Crippen LogP) is 5.66. The normalized spacial score (nSPS) is 57.5. The monoisotopic (exact) mass is 470 g/mol. The van der Waals surface area contributed by atoms with Gasteiger partial charge in [-0.25, -0.2) is 0 Å². The third-order valence-corrected chi connectivity index (χ3v) is 13.6. The quantitative estimate of drug-likeness (QED) is 0.383. The van der Waals surface area contributed by atoms with Crippen LogP contribution < -0.4 is 0 Å². The molecule has 10 atom stereocenters. The summed E-state index contributed by atoms with van der Waals surface area (Å²) in [5.74, 6) is 1.36. The molecule has 6 rings (SSSR count). The summed E-state index contributed by atoms with van der Waals surface area (Å²) in [6.07, 6.45) is 11.4. The highest BCUT2D eigenvalue weighted by Crippen LogP contribution is 2.76. The summed E-state index contributed by atoms with van der Waals surface area (Å²) in [6, 6.07) is 0. The molecule has 1 saturated heterocycles. The van der Waals surface area contributed by atoms with Crippen LogP contribution in [0.3, 0.4) is 0 Å². The molecule has 2 bridgehead atoms. The van der Waals surface area contributed by atoms with Gasteiger partial charge in [0, 0.05) is 11.8 Å². The smallest absolute Gasteiger partial charge is 0.313 e. The number of aliphatic hydroxyl groups is 2. The van der Waals surface area contributed by atoms with E-state index in [2.05, 4.69) is 47.6 Å². The Hall–Kier alpha value is -0.870. The zero-order chi connectivity index (χ0) is 24.5. The SMILES string of the molecule is CC1(C)[C@@H](O)CC[C@]2(C)[C@H]3CC=C4[C@@H]5C[C@@](C)(CO)[C@@H]6C[C@@]5(CC[C@@]4(C)[C@]3(C)CC[C@@H]12)C(=O)O6. The second-order valence-corrected chi connectivity index (χ2v) is 15.0. The highest BCUT2D eigenvalue weighted by atomic mass is 16.6. The number of allylic oxidation sites excluding steroid dienone is 2. The maximum atomic E-state index is 13.3. The Bertz CT molecular complexity index is 953. The van der Waals surface area contributed by atoms with Gasteiger partial charge >= 0.3 is 5.97 Å². The fourth-order valence-corrected chi connectivity index (χ4v) is 11.1. The summed E-state index contributed by atoms with van der Waals surface area (Å²) in [5, 5.41) is 21.2. The van der Waals surface area contributed by atoms with Crippen LogP contribution in [0.2, 0.25) is 0 Å². The lowest BCUT2D eigenvalue weighted by atomic mass is 9.33. The molecule has 0 aromatic heterocycles. The van der Waals surface area contributed by atoms with E-state index >= 15 is 0 Å².